The molecule has 0 saturated heterocycles. The van der Waals surface area contributed by atoms with E-state index in [-0.39, 0.29) is 22.2 Å². The van der Waals surface area contributed by atoms with Crippen molar-refractivity contribution in [3.05, 3.63) is 84.3 Å². The first-order valence-electron chi connectivity index (χ1n) is 8.69. The summed E-state index contributed by atoms with van der Waals surface area (Å²) >= 11 is 0. The van der Waals surface area contributed by atoms with E-state index < -0.39 is 16.0 Å². The standard InChI is InChI=1S/C21H16N2O5S/c1-14-10-12-15(13-11-14)29(25,26)23-17-7-3-5-9-19(17)28-21(24)20-22-16-6-2-4-8-18(16)27-20/h2-13,23H,1H3. The number of anilines is 1. The number of nitrogens with zero attached hydrogens (tertiary/aromatic N) is 1. The maximum atomic E-state index is 12.7. The van der Waals surface area contributed by atoms with Crippen LogP contribution < -0.4 is 9.46 Å². The van der Waals surface area contributed by atoms with Gasteiger partial charge in [0.15, 0.2) is 11.3 Å². The van der Waals surface area contributed by atoms with Gasteiger partial charge in [-0.05, 0) is 43.3 Å². The number of carbonyl (C=O) groups excluding carboxylic acids is 1. The summed E-state index contributed by atoms with van der Waals surface area (Å²) < 4.78 is 38.5. The molecule has 146 valence electrons. The number of para-hydroxylation sites is 4. The van der Waals surface area contributed by atoms with Crippen LogP contribution in [0.5, 0.6) is 5.75 Å². The number of aryl methyl sites for hydroxylation is 1. The Hall–Kier alpha value is -3.65. The molecule has 0 unspecified atom stereocenters. The van der Waals surface area contributed by atoms with Crippen LogP contribution in [0.1, 0.15) is 16.2 Å². The van der Waals surface area contributed by atoms with E-state index in [0.29, 0.717) is 11.1 Å². The highest BCUT2D eigenvalue weighted by atomic mass is 32.2. The van der Waals surface area contributed by atoms with Crippen molar-refractivity contribution in [1.29, 1.82) is 0 Å². The Morgan fingerprint density at radius 1 is 0.966 bits per heavy atom. The zero-order valence-corrected chi connectivity index (χ0v) is 16.1. The number of oxazole rings is 1. The molecule has 1 N–H and O–H groups in total. The van der Waals surface area contributed by atoms with Crippen LogP contribution >= 0.6 is 0 Å². The number of sulfonamides is 1. The molecule has 0 spiro atoms. The highest BCUT2D eigenvalue weighted by molar-refractivity contribution is 7.92. The highest BCUT2D eigenvalue weighted by Crippen LogP contribution is 2.28. The lowest BCUT2D eigenvalue weighted by Gasteiger charge is -2.12. The molecule has 0 aliphatic rings. The predicted molar refractivity (Wildman–Crippen MR) is 107 cm³/mol. The minimum Gasteiger partial charge on any atom is -0.431 e. The molecule has 0 radical (unpaired) electrons. The van der Waals surface area contributed by atoms with Crippen LogP contribution in [0.25, 0.3) is 11.1 Å². The van der Waals surface area contributed by atoms with Crippen LogP contribution in [-0.4, -0.2) is 19.4 Å². The minimum absolute atomic E-state index is 0.0374. The summed E-state index contributed by atoms with van der Waals surface area (Å²) in [6.07, 6.45) is 0. The molecule has 4 aromatic rings. The van der Waals surface area contributed by atoms with Gasteiger partial charge in [0.2, 0.25) is 0 Å². The van der Waals surface area contributed by atoms with Crippen molar-refractivity contribution in [2.24, 2.45) is 0 Å². The van der Waals surface area contributed by atoms with Gasteiger partial charge in [0, 0.05) is 0 Å². The second-order valence-corrected chi connectivity index (χ2v) is 7.97. The third-order valence-corrected chi connectivity index (χ3v) is 5.52. The van der Waals surface area contributed by atoms with Crippen molar-refractivity contribution in [2.75, 3.05) is 4.72 Å². The van der Waals surface area contributed by atoms with Gasteiger partial charge in [0.05, 0.1) is 10.6 Å². The Morgan fingerprint density at radius 3 is 2.41 bits per heavy atom. The van der Waals surface area contributed by atoms with E-state index in [4.69, 9.17) is 9.15 Å². The Labute approximate surface area is 167 Å². The van der Waals surface area contributed by atoms with Crippen molar-refractivity contribution in [3.63, 3.8) is 0 Å². The first-order valence-corrected chi connectivity index (χ1v) is 10.2. The number of aromatic nitrogens is 1. The Morgan fingerprint density at radius 2 is 1.66 bits per heavy atom. The van der Waals surface area contributed by atoms with Gasteiger partial charge in [0.25, 0.3) is 10.0 Å². The van der Waals surface area contributed by atoms with Crippen LogP contribution in [-0.2, 0) is 10.0 Å². The maximum absolute atomic E-state index is 12.7. The van der Waals surface area contributed by atoms with Crippen molar-refractivity contribution < 1.29 is 22.4 Å². The van der Waals surface area contributed by atoms with Gasteiger partial charge in [-0.3, -0.25) is 4.72 Å². The SMILES string of the molecule is Cc1ccc(S(=O)(=O)Nc2ccccc2OC(=O)c2nc3ccccc3o2)cc1. The van der Waals surface area contributed by atoms with Gasteiger partial charge in [-0.2, -0.15) is 0 Å². The number of hydrogen-bond donors (Lipinski definition) is 1. The zero-order valence-electron chi connectivity index (χ0n) is 15.3. The van der Waals surface area contributed by atoms with Crippen LogP contribution in [0.4, 0.5) is 5.69 Å². The molecular formula is C21H16N2O5S. The average molecular weight is 408 g/mol. The highest BCUT2D eigenvalue weighted by Gasteiger charge is 2.21. The van der Waals surface area contributed by atoms with Crippen LogP contribution in [0.3, 0.4) is 0 Å². The number of ether oxygens (including phenoxy) is 1. The van der Waals surface area contributed by atoms with Gasteiger partial charge in [0.1, 0.15) is 5.52 Å². The van der Waals surface area contributed by atoms with Crippen molar-refractivity contribution >= 4 is 32.8 Å². The Kier molecular flexibility index (Phi) is 4.77. The smallest absolute Gasteiger partial charge is 0.400 e. The normalized spacial score (nSPS) is 11.3. The lowest BCUT2D eigenvalue weighted by molar-refractivity contribution is 0.0696. The number of fused-ring (bicyclic) bond motifs is 1. The largest absolute Gasteiger partial charge is 0.431 e. The van der Waals surface area contributed by atoms with E-state index in [2.05, 4.69) is 9.71 Å². The summed E-state index contributed by atoms with van der Waals surface area (Å²) in [4.78, 5) is 16.6. The zero-order chi connectivity index (χ0) is 20.4. The summed E-state index contributed by atoms with van der Waals surface area (Å²) in [6.45, 7) is 1.87. The molecule has 29 heavy (non-hydrogen) atoms. The molecule has 0 aliphatic carbocycles. The molecule has 0 bridgehead atoms. The van der Waals surface area contributed by atoms with E-state index in [1.807, 2.05) is 6.92 Å². The third kappa shape index (κ3) is 3.97. The first-order chi connectivity index (χ1) is 13.9. The van der Waals surface area contributed by atoms with Crippen molar-refractivity contribution in [1.82, 2.24) is 4.98 Å². The maximum Gasteiger partial charge on any atom is 0.400 e. The number of hydrogen-bond acceptors (Lipinski definition) is 6. The van der Waals surface area contributed by atoms with E-state index in [9.17, 15) is 13.2 Å². The van der Waals surface area contributed by atoms with Crippen molar-refractivity contribution in [3.8, 4) is 5.75 Å². The van der Waals surface area contributed by atoms with E-state index in [1.54, 1.807) is 48.5 Å². The summed E-state index contributed by atoms with van der Waals surface area (Å²) in [5.41, 5.74) is 2.04. The lowest BCUT2D eigenvalue weighted by Crippen LogP contribution is -2.15. The van der Waals surface area contributed by atoms with Gasteiger partial charge < -0.3 is 9.15 Å². The number of benzene rings is 3. The Bertz CT molecular complexity index is 1260. The lowest BCUT2D eigenvalue weighted by atomic mass is 10.2. The summed E-state index contributed by atoms with van der Waals surface area (Å²) in [5, 5.41) is 0. The molecule has 4 rings (SSSR count). The molecule has 1 aromatic heterocycles. The molecule has 8 heteroatoms. The number of carbonyl (C=O) groups is 1. The quantitative estimate of drug-likeness (QED) is 0.393. The van der Waals surface area contributed by atoms with Gasteiger partial charge in [-0.1, -0.05) is 42.0 Å². The monoisotopic (exact) mass is 408 g/mol. The molecule has 0 fully saturated rings. The average Bonchev–Trinajstić information content (AvgIpc) is 3.14. The second-order valence-electron chi connectivity index (χ2n) is 6.29. The second kappa shape index (κ2) is 7.40. The molecular weight excluding hydrogens is 392 g/mol. The fraction of sp³-hybridized carbons (Fsp3) is 0.0476. The molecule has 3 aromatic carbocycles. The molecule has 0 saturated carbocycles. The third-order valence-electron chi connectivity index (χ3n) is 4.13. The number of esters is 1. The molecule has 0 aliphatic heterocycles. The van der Waals surface area contributed by atoms with E-state index in [1.165, 1.54) is 24.3 Å². The van der Waals surface area contributed by atoms with E-state index in [0.717, 1.165) is 5.56 Å². The first kappa shape index (κ1) is 18.7. The number of rotatable bonds is 5. The number of nitrogens with one attached hydrogen (secondary N) is 1. The van der Waals surface area contributed by atoms with Crippen LogP contribution in [0.15, 0.2) is 82.1 Å². The topological polar surface area (TPSA) is 98.5 Å². The van der Waals surface area contributed by atoms with Gasteiger partial charge >= 0.3 is 11.9 Å². The molecule has 7 nitrogen and oxygen atoms in total. The van der Waals surface area contributed by atoms with Crippen LogP contribution in [0, 0.1) is 6.92 Å². The van der Waals surface area contributed by atoms with Gasteiger partial charge in [-0.15, -0.1) is 0 Å². The Balaban J connectivity index is 1.59. The minimum atomic E-state index is -3.85. The van der Waals surface area contributed by atoms with E-state index >= 15 is 0 Å². The van der Waals surface area contributed by atoms with Crippen LogP contribution in [0.2, 0.25) is 0 Å². The molecule has 0 amide bonds. The summed E-state index contributed by atoms with van der Waals surface area (Å²) in [7, 11) is -3.85. The fourth-order valence-electron chi connectivity index (χ4n) is 2.66. The fourth-order valence-corrected chi connectivity index (χ4v) is 3.73. The summed E-state index contributed by atoms with van der Waals surface area (Å²) in [5.74, 6) is -1.01. The summed E-state index contributed by atoms with van der Waals surface area (Å²) in [6, 6.07) is 19.6. The molecule has 0 atom stereocenters. The predicted octanol–water partition coefficient (Wildman–Crippen LogP) is 4.16. The van der Waals surface area contributed by atoms with Gasteiger partial charge in [-0.25, -0.2) is 18.2 Å². The van der Waals surface area contributed by atoms with Crippen molar-refractivity contribution in [2.45, 2.75) is 11.8 Å². The molecule has 1 heterocycles.